The Balaban J connectivity index is 2.35. The van der Waals surface area contributed by atoms with Gasteiger partial charge in [-0.05, 0) is 30.4 Å². The minimum atomic E-state index is 0.0740. The maximum atomic E-state index is 11.6. The van der Waals surface area contributed by atoms with Gasteiger partial charge in [0.2, 0.25) is 5.91 Å². The van der Waals surface area contributed by atoms with Crippen molar-refractivity contribution in [2.24, 2.45) is 0 Å². The number of carbonyl (C=O) groups excluding carboxylic acids is 1. The number of hydrogen-bond acceptors (Lipinski definition) is 1. The van der Waals surface area contributed by atoms with Gasteiger partial charge in [0, 0.05) is 7.05 Å². The Bertz CT molecular complexity index is 346. The van der Waals surface area contributed by atoms with E-state index in [9.17, 15) is 4.79 Å². The molecule has 0 heterocycles. The lowest BCUT2D eigenvalue weighted by Crippen LogP contribution is -2.28. The van der Waals surface area contributed by atoms with Gasteiger partial charge in [-0.1, -0.05) is 24.3 Å². The fourth-order valence-corrected chi connectivity index (χ4v) is 2.20. The number of carbonyl (C=O) groups is 1. The van der Waals surface area contributed by atoms with E-state index in [1.54, 1.807) is 7.05 Å². The topological polar surface area (TPSA) is 29.1 Å². The van der Waals surface area contributed by atoms with E-state index in [4.69, 9.17) is 0 Å². The number of rotatable bonds is 1. The molecule has 0 bridgehead atoms. The van der Waals surface area contributed by atoms with Crippen LogP contribution < -0.4 is 5.32 Å². The van der Waals surface area contributed by atoms with Crippen LogP contribution in [0.15, 0.2) is 24.3 Å². The van der Waals surface area contributed by atoms with Crippen LogP contribution in [0.25, 0.3) is 0 Å². The highest BCUT2D eigenvalue weighted by molar-refractivity contribution is 5.84. The SMILES string of the molecule is CNC(=O)C1CCCc2ccccc21. The van der Waals surface area contributed by atoms with Crippen LogP contribution in [0.2, 0.25) is 0 Å². The molecular weight excluding hydrogens is 174 g/mol. The van der Waals surface area contributed by atoms with Gasteiger partial charge in [-0.3, -0.25) is 4.79 Å². The lowest BCUT2D eigenvalue weighted by Gasteiger charge is -2.23. The molecule has 1 amide bonds. The molecule has 74 valence electrons. The predicted molar refractivity (Wildman–Crippen MR) is 56.2 cm³/mol. The Morgan fingerprint density at radius 1 is 1.43 bits per heavy atom. The third kappa shape index (κ3) is 1.52. The molecule has 2 rings (SSSR count). The van der Waals surface area contributed by atoms with Crippen molar-refractivity contribution in [1.82, 2.24) is 5.32 Å². The maximum Gasteiger partial charge on any atom is 0.227 e. The molecule has 2 heteroatoms. The predicted octanol–water partition coefficient (Wildman–Crippen LogP) is 1.85. The Labute approximate surface area is 84.3 Å². The second kappa shape index (κ2) is 3.82. The molecule has 1 aliphatic rings. The van der Waals surface area contributed by atoms with Gasteiger partial charge in [0.05, 0.1) is 5.92 Å². The lowest BCUT2D eigenvalue weighted by atomic mass is 9.82. The van der Waals surface area contributed by atoms with Crippen molar-refractivity contribution in [3.63, 3.8) is 0 Å². The van der Waals surface area contributed by atoms with E-state index in [1.807, 2.05) is 12.1 Å². The number of fused-ring (bicyclic) bond motifs is 1. The highest BCUT2D eigenvalue weighted by Gasteiger charge is 2.24. The summed E-state index contributed by atoms with van der Waals surface area (Å²) in [7, 11) is 1.71. The summed E-state index contributed by atoms with van der Waals surface area (Å²) >= 11 is 0. The quantitative estimate of drug-likeness (QED) is 0.717. The van der Waals surface area contributed by atoms with Crippen LogP contribution in [0, 0.1) is 0 Å². The largest absolute Gasteiger partial charge is 0.359 e. The maximum absolute atomic E-state index is 11.6. The van der Waals surface area contributed by atoms with Crippen molar-refractivity contribution in [3.8, 4) is 0 Å². The average Bonchev–Trinajstić information content (AvgIpc) is 2.27. The Kier molecular flexibility index (Phi) is 2.53. The van der Waals surface area contributed by atoms with E-state index >= 15 is 0 Å². The van der Waals surface area contributed by atoms with Crippen molar-refractivity contribution in [2.45, 2.75) is 25.2 Å². The molecule has 1 aliphatic carbocycles. The second-order valence-corrected chi connectivity index (χ2v) is 3.76. The lowest BCUT2D eigenvalue weighted by molar-refractivity contribution is -0.122. The minimum Gasteiger partial charge on any atom is -0.359 e. The molecule has 14 heavy (non-hydrogen) atoms. The minimum absolute atomic E-state index is 0.0740. The highest BCUT2D eigenvalue weighted by atomic mass is 16.1. The summed E-state index contributed by atoms with van der Waals surface area (Å²) in [6.45, 7) is 0. The van der Waals surface area contributed by atoms with Gasteiger partial charge in [0.1, 0.15) is 0 Å². The van der Waals surface area contributed by atoms with Crippen LogP contribution in [-0.4, -0.2) is 13.0 Å². The molecule has 0 saturated carbocycles. The molecule has 1 unspecified atom stereocenters. The molecular formula is C12H15NO. The summed E-state index contributed by atoms with van der Waals surface area (Å²) in [4.78, 5) is 11.6. The van der Waals surface area contributed by atoms with Gasteiger partial charge < -0.3 is 5.32 Å². The molecule has 0 saturated heterocycles. The average molecular weight is 189 g/mol. The van der Waals surface area contributed by atoms with Crippen molar-refractivity contribution >= 4 is 5.91 Å². The Morgan fingerprint density at radius 3 is 3.00 bits per heavy atom. The van der Waals surface area contributed by atoms with Crippen LogP contribution in [0.3, 0.4) is 0 Å². The third-order valence-corrected chi connectivity index (χ3v) is 2.93. The first-order chi connectivity index (χ1) is 6.83. The second-order valence-electron chi connectivity index (χ2n) is 3.76. The molecule has 0 fully saturated rings. The van der Waals surface area contributed by atoms with Crippen molar-refractivity contribution in [1.29, 1.82) is 0 Å². The standard InChI is InChI=1S/C12H15NO/c1-13-12(14)11-8-4-6-9-5-2-3-7-10(9)11/h2-3,5,7,11H,4,6,8H2,1H3,(H,13,14). The monoisotopic (exact) mass is 189 g/mol. The molecule has 0 radical (unpaired) electrons. The Hall–Kier alpha value is -1.31. The van der Waals surface area contributed by atoms with Crippen LogP contribution in [0.1, 0.15) is 29.9 Å². The molecule has 2 nitrogen and oxygen atoms in total. The summed E-state index contributed by atoms with van der Waals surface area (Å²) in [5.74, 6) is 0.224. The van der Waals surface area contributed by atoms with E-state index in [0.717, 1.165) is 19.3 Å². The van der Waals surface area contributed by atoms with Gasteiger partial charge in [-0.25, -0.2) is 0 Å². The van der Waals surface area contributed by atoms with Crippen molar-refractivity contribution < 1.29 is 4.79 Å². The van der Waals surface area contributed by atoms with E-state index < -0.39 is 0 Å². The molecule has 1 atom stereocenters. The third-order valence-electron chi connectivity index (χ3n) is 2.93. The van der Waals surface area contributed by atoms with Gasteiger partial charge >= 0.3 is 0 Å². The van der Waals surface area contributed by atoms with Crippen LogP contribution in [0.5, 0.6) is 0 Å². The normalized spacial score (nSPS) is 19.9. The van der Waals surface area contributed by atoms with E-state index in [0.29, 0.717) is 0 Å². The van der Waals surface area contributed by atoms with Crippen LogP contribution >= 0.6 is 0 Å². The fourth-order valence-electron chi connectivity index (χ4n) is 2.20. The summed E-state index contributed by atoms with van der Waals surface area (Å²) in [5.41, 5.74) is 2.56. The molecule has 1 aromatic carbocycles. The zero-order valence-electron chi connectivity index (χ0n) is 8.42. The zero-order chi connectivity index (χ0) is 9.97. The fraction of sp³-hybridized carbons (Fsp3) is 0.417. The molecule has 1 N–H and O–H groups in total. The first kappa shape index (κ1) is 9.25. The number of nitrogens with one attached hydrogen (secondary N) is 1. The van der Waals surface area contributed by atoms with Crippen LogP contribution in [0.4, 0.5) is 0 Å². The first-order valence-electron chi connectivity index (χ1n) is 5.12. The van der Waals surface area contributed by atoms with Gasteiger partial charge in [0.25, 0.3) is 0 Å². The smallest absolute Gasteiger partial charge is 0.227 e. The van der Waals surface area contributed by atoms with Crippen molar-refractivity contribution in [2.75, 3.05) is 7.05 Å². The summed E-state index contributed by atoms with van der Waals surface area (Å²) in [6, 6.07) is 8.27. The number of aryl methyl sites for hydroxylation is 1. The van der Waals surface area contributed by atoms with Gasteiger partial charge in [0.15, 0.2) is 0 Å². The van der Waals surface area contributed by atoms with E-state index in [2.05, 4.69) is 17.4 Å². The Morgan fingerprint density at radius 2 is 2.21 bits per heavy atom. The number of hydrogen-bond donors (Lipinski definition) is 1. The number of amides is 1. The van der Waals surface area contributed by atoms with E-state index in [-0.39, 0.29) is 11.8 Å². The molecule has 0 aromatic heterocycles. The summed E-state index contributed by atoms with van der Waals surface area (Å²) in [5, 5.41) is 2.74. The molecule has 0 aliphatic heterocycles. The number of likely N-dealkylation sites (N-methyl/N-ethyl adjacent to an activating group) is 1. The summed E-state index contributed by atoms with van der Waals surface area (Å²) in [6.07, 6.45) is 3.22. The highest BCUT2D eigenvalue weighted by Crippen LogP contribution is 2.31. The molecule has 1 aromatic rings. The first-order valence-corrected chi connectivity index (χ1v) is 5.12. The zero-order valence-corrected chi connectivity index (χ0v) is 8.42. The van der Waals surface area contributed by atoms with E-state index in [1.165, 1.54) is 11.1 Å². The van der Waals surface area contributed by atoms with Crippen LogP contribution in [-0.2, 0) is 11.2 Å². The molecule has 0 spiro atoms. The van der Waals surface area contributed by atoms with Crippen molar-refractivity contribution in [3.05, 3.63) is 35.4 Å². The van der Waals surface area contributed by atoms with Gasteiger partial charge in [-0.15, -0.1) is 0 Å². The van der Waals surface area contributed by atoms with Gasteiger partial charge in [-0.2, -0.15) is 0 Å². The summed E-state index contributed by atoms with van der Waals surface area (Å²) < 4.78 is 0. The number of benzene rings is 1.